The number of pyridine rings is 1. The first-order valence-corrected chi connectivity index (χ1v) is 19.7. The number of imide groups is 1. The van der Waals surface area contributed by atoms with Gasteiger partial charge in [-0.1, -0.05) is 0 Å². The Hall–Kier alpha value is -5.09. The van der Waals surface area contributed by atoms with Crippen molar-refractivity contribution in [2.75, 3.05) is 54.9 Å². The maximum absolute atomic E-state index is 16.1. The lowest BCUT2D eigenvalue weighted by atomic mass is 9.94. The van der Waals surface area contributed by atoms with E-state index < -0.39 is 30.5 Å². The van der Waals surface area contributed by atoms with E-state index in [0.717, 1.165) is 26.8 Å². The number of alkyl halides is 2. The van der Waals surface area contributed by atoms with Gasteiger partial charge in [0.25, 0.3) is 11.8 Å². The average Bonchev–Trinajstić information content (AvgIpc) is 3.62. The van der Waals surface area contributed by atoms with Crippen LogP contribution in [0.4, 0.5) is 26.0 Å². The molecule has 0 radical (unpaired) electrons. The molecule has 4 aliphatic rings. The first kappa shape index (κ1) is 35.6. The van der Waals surface area contributed by atoms with E-state index in [4.69, 9.17) is 4.98 Å². The van der Waals surface area contributed by atoms with Crippen molar-refractivity contribution in [2.45, 2.75) is 69.1 Å². The third kappa shape index (κ3) is 6.00. The number of aromatic nitrogens is 3. The van der Waals surface area contributed by atoms with Crippen molar-refractivity contribution < 1.29 is 23.2 Å². The number of aryl methyl sites for hydroxylation is 1. The van der Waals surface area contributed by atoms with Gasteiger partial charge < -0.3 is 20.4 Å². The molecule has 288 valence electrons. The van der Waals surface area contributed by atoms with E-state index in [2.05, 4.69) is 20.9 Å². The van der Waals surface area contributed by atoms with Crippen molar-refractivity contribution in [3.05, 3.63) is 57.8 Å². The predicted octanol–water partition coefficient (Wildman–Crippen LogP) is 4.44. The Morgan fingerprint density at radius 2 is 1.73 bits per heavy atom. The molecule has 1 unspecified atom stereocenters. The lowest BCUT2D eigenvalue weighted by molar-refractivity contribution is -0.135. The first-order chi connectivity index (χ1) is 26.4. The number of carbonyl (C=O) groups is 3. The van der Waals surface area contributed by atoms with E-state index in [9.17, 15) is 19.2 Å². The molecule has 2 aromatic carbocycles. The van der Waals surface area contributed by atoms with Crippen LogP contribution in [-0.4, -0.2) is 101 Å². The second-order valence-electron chi connectivity index (χ2n) is 15.5. The van der Waals surface area contributed by atoms with E-state index in [-0.39, 0.29) is 42.4 Å². The number of nitrogens with one attached hydrogen (secondary N) is 3. The summed E-state index contributed by atoms with van der Waals surface area (Å²) in [4.78, 5) is 61.7. The van der Waals surface area contributed by atoms with Crippen LogP contribution in [0.2, 0.25) is 0 Å². The number of anilines is 3. The molecule has 0 bridgehead atoms. The van der Waals surface area contributed by atoms with Gasteiger partial charge in [0.05, 0.1) is 34.8 Å². The molecule has 3 saturated heterocycles. The Kier molecular flexibility index (Phi) is 8.60. The quantitative estimate of drug-likeness (QED) is 0.222. The highest BCUT2D eigenvalue weighted by molar-refractivity contribution is 7.21. The van der Waals surface area contributed by atoms with E-state index in [1.54, 1.807) is 11.9 Å². The molecule has 3 N–H and O–H groups in total. The molecular formula is C39H43F2N9O4S. The number of halogens is 2. The van der Waals surface area contributed by atoms with Crippen LogP contribution < -0.4 is 31.4 Å². The Morgan fingerprint density at radius 3 is 2.49 bits per heavy atom. The molecule has 9 rings (SSSR count). The number of amides is 3. The molecule has 0 saturated carbocycles. The molecule has 3 atom stereocenters. The lowest BCUT2D eigenvalue weighted by Gasteiger charge is -2.47. The van der Waals surface area contributed by atoms with Gasteiger partial charge in [0, 0.05) is 72.9 Å². The van der Waals surface area contributed by atoms with Crippen LogP contribution in [0, 0.1) is 0 Å². The zero-order chi connectivity index (χ0) is 38.3. The van der Waals surface area contributed by atoms with Gasteiger partial charge in [-0.2, -0.15) is 0 Å². The summed E-state index contributed by atoms with van der Waals surface area (Å²) < 4.78 is 36.1. The Morgan fingerprint density at radius 1 is 0.945 bits per heavy atom. The second-order valence-corrected chi connectivity index (χ2v) is 16.5. The van der Waals surface area contributed by atoms with Gasteiger partial charge >= 0.3 is 5.69 Å². The molecule has 55 heavy (non-hydrogen) atoms. The summed E-state index contributed by atoms with van der Waals surface area (Å²) in [5, 5.41) is 10.6. The fourth-order valence-electron chi connectivity index (χ4n) is 9.08. The van der Waals surface area contributed by atoms with E-state index in [1.165, 1.54) is 20.5 Å². The number of rotatable bonds is 5. The van der Waals surface area contributed by atoms with Crippen molar-refractivity contribution in [1.82, 2.24) is 29.7 Å². The number of piperidine rings is 3. The average molecular weight is 772 g/mol. The fourth-order valence-corrected chi connectivity index (χ4v) is 10.2. The van der Waals surface area contributed by atoms with Crippen LogP contribution in [0.25, 0.3) is 32.0 Å². The standard InChI is InChI=1S/C39H43F2N9O4S/c1-21-19-42-34-33-24-5-10-31(44-25(24)6-9-29(33)55-35(34)37(53)43-21)49-17-14-30(39(40,41)20-49)46(2)22-12-15-48(16-13-22)23-4-7-26-28(18-23)47(3)38(54)50(26)27-8-11-32(51)45-36(27)52/h4-7,9-10,18,21-22,27,30,42H,8,11-17,19-20H2,1-3H3,(H,43,53)(H,45,51,52)/t21-,27?,30-/m1/s1. The zero-order valence-electron chi connectivity index (χ0n) is 30.9. The summed E-state index contributed by atoms with van der Waals surface area (Å²) in [5.74, 6) is -3.35. The van der Waals surface area contributed by atoms with Crippen molar-refractivity contribution in [1.29, 1.82) is 0 Å². The van der Waals surface area contributed by atoms with Gasteiger partial charge in [0.2, 0.25) is 11.8 Å². The third-order valence-electron chi connectivity index (χ3n) is 12.1. The van der Waals surface area contributed by atoms with Crippen LogP contribution in [0.15, 0.2) is 47.3 Å². The lowest BCUT2D eigenvalue weighted by Crippen LogP contribution is -2.60. The van der Waals surface area contributed by atoms with Crippen LogP contribution in [0.3, 0.4) is 0 Å². The van der Waals surface area contributed by atoms with Crippen LogP contribution in [0.1, 0.15) is 54.7 Å². The molecule has 3 amide bonds. The molecule has 4 aliphatic heterocycles. The van der Waals surface area contributed by atoms with Gasteiger partial charge in [-0.25, -0.2) is 18.6 Å². The molecule has 3 fully saturated rings. The van der Waals surface area contributed by atoms with Crippen molar-refractivity contribution in [3.63, 3.8) is 0 Å². The highest BCUT2D eigenvalue weighted by Gasteiger charge is 2.48. The minimum Gasteiger partial charge on any atom is -0.381 e. The van der Waals surface area contributed by atoms with Gasteiger partial charge in [0.1, 0.15) is 16.7 Å². The van der Waals surface area contributed by atoms with Gasteiger partial charge in [-0.15, -0.1) is 11.3 Å². The van der Waals surface area contributed by atoms with E-state index in [0.29, 0.717) is 72.7 Å². The molecule has 3 aromatic heterocycles. The Bertz CT molecular complexity index is 2450. The van der Waals surface area contributed by atoms with E-state index in [1.807, 2.05) is 61.3 Å². The Labute approximate surface area is 319 Å². The molecule has 5 aromatic rings. The highest BCUT2D eigenvalue weighted by atomic mass is 32.1. The summed E-state index contributed by atoms with van der Waals surface area (Å²) in [7, 11) is 3.50. The second kappa shape index (κ2) is 13.3. The SMILES string of the molecule is C[C@@H]1CNc2c(sc3ccc4nc(N5CC[C@@H](N(C)C6CCN(c7ccc8c(c7)n(C)c(=O)n8C7CCC(=O)NC7=O)CC6)C(F)(F)C5)ccc4c23)C(=O)N1. The summed E-state index contributed by atoms with van der Waals surface area (Å²) in [5.41, 5.74) is 3.43. The maximum Gasteiger partial charge on any atom is 0.329 e. The molecule has 0 aliphatic carbocycles. The fraction of sp³-hybridized carbons (Fsp3) is 0.462. The number of benzene rings is 2. The van der Waals surface area contributed by atoms with Gasteiger partial charge in [0.15, 0.2) is 0 Å². The highest BCUT2D eigenvalue weighted by Crippen LogP contribution is 2.42. The summed E-state index contributed by atoms with van der Waals surface area (Å²) in [6, 6.07) is 11.7. The molecular weight excluding hydrogens is 729 g/mol. The molecule has 16 heteroatoms. The van der Waals surface area contributed by atoms with E-state index >= 15 is 8.78 Å². The maximum atomic E-state index is 16.1. The summed E-state index contributed by atoms with van der Waals surface area (Å²) >= 11 is 1.44. The Balaban J connectivity index is 0.869. The number of fused-ring (bicyclic) bond motifs is 6. The third-order valence-corrected chi connectivity index (χ3v) is 13.2. The monoisotopic (exact) mass is 771 g/mol. The minimum absolute atomic E-state index is 0.00621. The van der Waals surface area contributed by atoms with Crippen molar-refractivity contribution >= 4 is 78.3 Å². The number of imidazole rings is 1. The number of hydrogen-bond donors (Lipinski definition) is 3. The molecule has 7 heterocycles. The van der Waals surface area contributed by atoms with Crippen molar-refractivity contribution in [2.24, 2.45) is 7.05 Å². The number of nitrogens with zero attached hydrogens (tertiary/aromatic N) is 6. The van der Waals surface area contributed by atoms with Gasteiger partial charge in [-0.3, -0.25) is 33.7 Å². The molecule has 0 spiro atoms. The first-order valence-electron chi connectivity index (χ1n) is 18.9. The summed E-state index contributed by atoms with van der Waals surface area (Å²) in [6.07, 6.45) is 2.17. The van der Waals surface area contributed by atoms with Crippen LogP contribution in [-0.2, 0) is 16.6 Å². The smallest absolute Gasteiger partial charge is 0.329 e. The minimum atomic E-state index is -2.96. The zero-order valence-corrected chi connectivity index (χ0v) is 31.7. The van der Waals surface area contributed by atoms with Crippen LogP contribution in [0.5, 0.6) is 0 Å². The summed E-state index contributed by atoms with van der Waals surface area (Å²) in [6.45, 7) is 3.94. The largest absolute Gasteiger partial charge is 0.381 e. The van der Waals surface area contributed by atoms with Gasteiger partial charge in [-0.05, 0) is 82.1 Å². The number of thiophene rings is 1. The predicted molar refractivity (Wildman–Crippen MR) is 210 cm³/mol. The van der Waals surface area contributed by atoms with Crippen LogP contribution >= 0.6 is 11.3 Å². The number of hydrogen-bond acceptors (Lipinski definition) is 10. The number of carbonyl (C=O) groups excluding carboxylic acids is 3. The van der Waals surface area contributed by atoms with Crippen molar-refractivity contribution in [3.8, 4) is 0 Å². The molecule has 13 nitrogen and oxygen atoms in total. The normalized spacial score (nSPS) is 23.6. The topological polar surface area (TPSA) is 137 Å².